The SMILES string of the molecule is Cc1ccc(NC(=O)COC(=O)CNS(=O)(=O)c2ccc(C#N)cc2)cc1C. The Hall–Kier alpha value is -3.22. The highest BCUT2D eigenvalue weighted by Gasteiger charge is 2.16. The quantitative estimate of drug-likeness (QED) is 0.680. The molecule has 2 aromatic carbocycles. The van der Waals surface area contributed by atoms with Gasteiger partial charge in [0.15, 0.2) is 6.61 Å². The first kappa shape index (κ1) is 21.1. The number of hydrogen-bond acceptors (Lipinski definition) is 6. The predicted molar refractivity (Wildman–Crippen MR) is 102 cm³/mol. The van der Waals surface area contributed by atoms with Gasteiger partial charge in [0.25, 0.3) is 5.91 Å². The van der Waals surface area contributed by atoms with E-state index in [1.54, 1.807) is 12.1 Å². The molecular weight excluding hydrogens is 382 g/mol. The van der Waals surface area contributed by atoms with Gasteiger partial charge in [-0.15, -0.1) is 0 Å². The molecule has 0 atom stereocenters. The second kappa shape index (κ2) is 9.12. The lowest BCUT2D eigenvalue weighted by Crippen LogP contribution is -2.32. The predicted octanol–water partition coefficient (Wildman–Crippen LogP) is 1.64. The number of nitrogens with one attached hydrogen (secondary N) is 2. The molecule has 2 N–H and O–H groups in total. The van der Waals surface area contributed by atoms with Crippen molar-refractivity contribution in [1.82, 2.24) is 4.72 Å². The van der Waals surface area contributed by atoms with Crippen molar-refractivity contribution in [2.24, 2.45) is 0 Å². The van der Waals surface area contributed by atoms with E-state index in [0.29, 0.717) is 11.3 Å². The zero-order valence-electron chi connectivity index (χ0n) is 15.4. The average molecular weight is 401 g/mol. The molecule has 2 aromatic rings. The molecule has 0 unspecified atom stereocenters. The Morgan fingerprint density at radius 1 is 1.07 bits per heavy atom. The van der Waals surface area contributed by atoms with E-state index in [1.807, 2.05) is 26.0 Å². The number of hydrogen-bond donors (Lipinski definition) is 2. The molecule has 1 amide bonds. The highest BCUT2D eigenvalue weighted by Crippen LogP contribution is 2.14. The van der Waals surface area contributed by atoms with E-state index >= 15 is 0 Å². The van der Waals surface area contributed by atoms with Crippen molar-refractivity contribution < 1.29 is 22.7 Å². The molecule has 8 nitrogen and oxygen atoms in total. The molecule has 0 saturated heterocycles. The Bertz CT molecular complexity index is 1020. The number of aryl methyl sites for hydroxylation is 2. The molecule has 0 aliphatic rings. The van der Waals surface area contributed by atoms with Crippen LogP contribution in [0.25, 0.3) is 0 Å². The minimum absolute atomic E-state index is 0.0909. The summed E-state index contributed by atoms with van der Waals surface area (Å²) in [5.41, 5.74) is 2.98. The topological polar surface area (TPSA) is 125 Å². The lowest BCUT2D eigenvalue weighted by Gasteiger charge is -2.09. The van der Waals surface area contributed by atoms with E-state index in [2.05, 4.69) is 10.0 Å². The van der Waals surface area contributed by atoms with Crippen LogP contribution in [0.3, 0.4) is 0 Å². The van der Waals surface area contributed by atoms with Gasteiger partial charge in [0.2, 0.25) is 10.0 Å². The molecule has 0 heterocycles. The van der Waals surface area contributed by atoms with Crippen molar-refractivity contribution in [1.29, 1.82) is 5.26 Å². The van der Waals surface area contributed by atoms with Crippen LogP contribution in [-0.2, 0) is 24.3 Å². The highest BCUT2D eigenvalue weighted by atomic mass is 32.2. The number of ether oxygens (including phenoxy) is 1. The van der Waals surface area contributed by atoms with Gasteiger partial charge >= 0.3 is 5.97 Å². The van der Waals surface area contributed by atoms with Crippen LogP contribution in [0.2, 0.25) is 0 Å². The summed E-state index contributed by atoms with van der Waals surface area (Å²) in [4.78, 5) is 23.5. The molecule has 0 aliphatic carbocycles. The summed E-state index contributed by atoms with van der Waals surface area (Å²) in [5.74, 6) is -1.43. The third-order valence-corrected chi connectivity index (χ3v) is 5.27. The van der Waals surface area contributed by atoms with Gasteiger partial charge in [0, 0.05) is 5.69 Å². The van der Waals surface area contributed by atoms with E-state index in [4.69, 9.17) is 10.00 Å². The summed E-state index contributed by atoms with van der Waals surface area (Å²) in [7, 11) is -3.94. The Kier molecular flexibility index (Phi) is 6.87. The van der Waals surface area contributed by atoms with Crippen LogP contribution in [-0.4, -0.2) is 33.4 Å². The summed E-state index contributed by atoms with van der Waals surface area (Å²) in [6, 6.07) is 12.5. The van der Waals surface area contributed by atoms with Crippen LogP contribution >= 0.6 is 0 Å². The number of amides is 1. The Morgan fingerprint density at radius 2 is 1.75 bits per heavy atom. The Labute approximate surface area is 163 Å². The van der Waals surface area contributed by atoms with Crippen molar-refractivity contribution in [3.05, 3.63) is 59.2 Å². The van der Waals surface area contributed by atoms with Crippen molar-refractivity contribution in [2.45, 2.75) is 18.7 Å². The van der Waals surface area contributed by atoms with Crippen LogP contribution in [0.1, 0.15) is 16.7 Å². The van der Waals surface area contributed by atoms with Crippen LogP contribution in [0.5, 0.6) is 0 Å². The molecule has 0 bridgehead atoms. The van der Waals surface area contributed by atoms with Gasteiger partial charge in [-0.2, -0.15) is 9.98 Å². The first-order valence-electron chi connectivity index (χ1n) is 8.24. The molecule has 28 heavy (non-hydrogen) atoms. The fourth-order valence-electron chi connectivity index (χ4n) is 2.16. The summed E-state index contributed by atoms with van der Waals surface area (Å²) >= 11 is 0. The third-order valence-electron chi connectivity index (χ3n) is 3.86. The zero-order valence-corrected chi connectivity index (χ0v) is 16.2. The van der Waals surface area contributed by atoms with E-state index in [1.165, 1.54) is 24.3 Å². The summed E-state index contributed by atoms with van der Waals surface area (Å²) in [5, 5.41) is 11.3. The molecule has 146 valence electrons. The number of carbonyl (C=O) groups excluding carboxylic acids is 2. The lowest BCUT2D eigenvalue weighted by molar-refractivity contribution is -0.146. The Balaban J connectivity index is 1.82. The smallest absolute Gasteiger partial charge is 0.321 e. The van der Waals surface area contributed by atoms with Crippen molar-refractivity contribution in [3.63, 3.8) is 0 Å². The Morgan fingerprint density at radius 3 is 2.36 bits per heavy atom. The normalized spacial score (nSPS) is 10.8. The minimum atomic E-state index is -3.94. The molecule has 0 spiro atoms. The fourth-order valence-corrected chi connectivity index (χ4v) is 3.13. The van der Waals surface area contributed by atoms with Gasteiger partial charge in [-0.1, -0.05) is 6.07 Å². The number of nitriles is 1. The first-order chi connectivity index (χ1) is 13.2. The monoisotopic (exact) mass is 401 g/mol. The maximum Gasteiger partial charge on any atom is 0.321 e. The number of rotatable bonds is 7. The maximum atomic E-state index is 12.1. The van der Waals surface area contributed by atoms with Gasteiger partial charge < -0.3 is 10.1 Å². The average Bonchev–Trinajstić information content (AvgIpc) is 2.67. The number of esters is 1. The summed E-state index contributed by atoms with van der Waals surface area (Å²) in [6.45, 7) is 2.69. The van der Waals surface area contributed by atoms with Gasteiger partial charge in [-0.25, -0.2) is 8.42 Å². The second-order valence-electron chi connectivity index (χ2n) is 5.97. The zero-order chi connectivity index (χ0) is 20.7. The van der Waals surface area contributed by atoms with Crippen molar-refractivity contribution in [3.8, 4) is 6.07 Å². The van der Waals surface area contributed by atoms with Crippen LogP contribution in [0.15, 0.2) is 47.4 Å². The van der Waals surface area contributed by atoms with Crippen molar-refractivity contribution >= 4 is 27.6 Å². The number of nitrogens with zero attached hydrogens (tertiary/aromatic N) is 1. The molecule has 2 rings (SSSR count). The standard InChI is InChI=1S/C19H19N3O5S/c1-13-3-6-16(9-14(13)2)22-18(23)12-27-19(24)11-21-28(25,26)17-7-4-15(10-20)5-8-17/h3-9,21H,11-12H2,1-2H3,(H,22,23). The molecule has 0 saturated carbocycles. The van der Waals surface area contributed by atoms with Crippen LogP contribution in [0.4, 0.5) is 5.69 Å². The fraction of sp³-hybridized carbons (Fsp3) is 0.211. The molecule has 0 fully saturated rings. The highest BCUT2D eigenvalue weighted by molar-refractivity contribution is 7.89. The van der Waals surface area contributed by atoms with Crippen molar-refractivity contribution in [2.75, 3.05) is 18.5 Å². The number of sulfonamides is 1. The maximum absolute atomic E-state index is 12.1. The van der Waals surface area contributed by atoms with E-state index in [9.17, 15) is 18.0 Å². The van der Waals surface area contributed by atoms with E-state index < -0.39 is 35.1 Å². The summed E-state index contributed by atoms with van der Waals surface area (Å²) in [6.07, 6.45) is 0. The van der Waals surface area contributed by atoms with Gasteiger partial charge in [-0.05, 0) is 61.4 Å². The van der Waals surface area contributed by atoms with Gasteiger partial charge in [0.05, 0.1) is 16.5 Å². The number of carbonyl (C=O) groups is 2. The third kappa shape index (κ3) is 5.90. The van der Waals surface area contributed by atoms with E-state index in [0.717, 1.165) is 11.1 Å². The molecule has 0 aliphatic heterocycles. The van der Waals surface area contributed by atoms with Gasteiger partial charge in [-0.3, -0.25) is 9.59 Å². The number of anilines is 1. The molecule has 0 aromatic heterocycles. The van der Waals surface area contributed by atoms with Crippen LogP contribution < -0.4 is 10.0 Å². The molecule has 0 radical (unpaired) electrons. The molecular formula is C19H19N3O5S. The van der Waals surface area contributed by atoms with E-state index in [-0.39, 0.29) is 4.90 Å². The number of benzene rings is 2. The lowest BCUT2D eigenvalue weighted by atomic mass is 10.1. The summed E-state index contributed by atoms with van der Waals surface area (Å²) < 4.78 is 31.0. The largest absolute Gasteiger partial charge is 0.455 e. The van der Waals surface area contributed by atoms with Crippen LogP contribution in [0, 0.1) is 25.2 Å². The minimum Gasteiger partial charge on any atom is -0.455 e. The van der Waals surface area contributed by atoms with Gasteiger partial charge in [0.1, 0.15) is 6.54 Å². The molecule has 9 heteroatoms. The second-order valence-corrected chi connectivity index (χ2v) is 7.74. The first-order valence-corrected chi connectivity index (χ1v) is 9.72.